The molecular weight excluding hydrogens is 849 g/mol. The lowest BCUT2D eigenvalue weighted by atomic mass is 9.93. The van der Waals surface area contributed by atoms with Gasteiger partial charge in [0.05, 0.1) is 43.7 Å². The second kappa shape index (κ2) is 18.8. The molecule has 2 saturated heterocycles. The van der Waals surface area contributed by atoms with Crippen LogP contribution in [-0.4, -0.2) is 102 Å². The number of rotatable bonds is 9. The summed E-state index contributed by atoms with van der Waals surface area (Å²) in [6, 6.07) is 2.59. The molecule has 0 amide bonds. The number of aliphatic hydroxyl groups is 2. The molecule has 5 aliphatic rings. The third kappa shape index (κ3) is 9.57. The number of hydrogen-bond donors (Lipinski definition) is 5. The third-order valence-corrected chi connectivity index (χ3v) is 12.2. The molecule has 2 atom stereocenters. The lowest BCUT2D eigenvalue weighted by molar-refractivity contribution is 0.125. The highest BCUT2D eigenvalue weighted by atomic mass is 19.2. The van der Waals surface area contributed by atoms with E-state index in [1.807, 2.05) is 4.90 Å². The van der Waals surface area contributed by atoms with Crippen molar-refractivity contribution in [3.8, 4) is 0 Å². The van der Waals surface area contributed by atoms with Crippen molar-refractivity contribution in [2.75, 3.05) is 47.3 Å². The maximum Gasteiger partial charge on any atom is 0.224 e. The van der Waals surface area contributed by atoms with Crippen LogP contribution < -0.4 is 20.9 Å². The Labute approximate surface area is 367 Å². The third-order valence-electron chi connectivity index (χ3n) is 12.2. The van der Waals surface area contributed by atoms with E-state index in [2.05, 4.69) is 40.9 Å². The number of fused-ring (bicyclic) bond motifs is 2. The Hall–Kier alpha value is -5.64. The average Bonchev–Trinajstić information content (AvgIpc) is 4.13. The summed E-state index contributed by atoms with van der Waals surface area (Å²) in [7, 11) is 0. The van der Waals surface area contributed by atoms with Crippen LogP contribution in [0.5, 0.6) is 0 Å². The summed E-state index contributed by atoms with van der Waals surface area (Å²) < 4.78 is 106. The van der Waals surface area contributed by atoms with E-state index >= 15 is 0 Å². The fourth-order valence-corrected chi connectivity index (χ4v) is 8.85. The summed E-state index contributed by atoms with van der Waals surface area (Å²) in [5.41, 5.74) is 0.730. The molecule has 5 aromatic rings. The number of nitrogens with one attached hydrogen (secondary N) is 3. The quantitative estimate of drug-likeness (QED) is 0.0912. The number of ether oxygens (including phenoxy) is 2. The van der Waals surface area contributed by atoms with Crippen molar-refractivity contribution in [2.45, 2.75) is 107 Å². The molecule has 21 heteroatoms. The number of imidazole rings is 1. The maximum absolute atomic E-state index is 14.3. The molecule has 3 aliphatic heterocycles. The molecule has 10 rings (SSSR count). The van der Waals surface area contributed by atoms with Crippen LogP contribution >= 0.6 is 0 Å². The van der Waals surface area contributed by atoms with Crippen molar-refractivity contribution >= 4 is 52.0 Å². The summed E-state index contributed by atoms with van der Waals surface area (Å²) in [5, 5.41) is 28.7. The molecule has 64 heavy (non-hydrogen) atoms. The summed E-state index contributed by atoms with van der Waals surface area (Å²) in [4.78, 5) is 28.6. The number of amidine groups is 1. The standard InChI is InChI=1S/C22H24F3N5O2.C21H23F3N6O2.2H2/c23-13-8-17(24)20(18(25)9-13)28-19-7-12-10-26-22(27-14-1-3-16(31)4-2-14)29-21(12)30(19)15-5-6-32-11-15;22-11-7-15(23)18(16(24)8-11)28-21-27-17-9-25-20(26-12-1-3-14(31)4-2-12)29-19(17)30(21)13-5-6-32-10-13;;/h8-10,14-16,31H,1-7,11H2,(H,26,27,29);7-9,12-14,31H,1-6,10H2,(H,27,28)(H,25,26,29);2*1H/t14?,15-,16?;12?,13-,14?;;/m00../s1/i;;1+2T;1+2. The van der Waals surface area contributed by atoms with E-state index in [1.54, 1.807) is 17.0 Å². The molecule has 2 saturated carbocycles. The van der Waals surface area contributed by atoms with Gasteiger partial charge in [-0.05, 0) is 64.2 Å². The van der Waals surface area contributed by atoms with E-state index in [1.165, 1.54) is 0 Å². The molecule has 344 valence electrons. The zero-order chi connectivity index (χ0) is 46.5. The van der Waals surface area contributed by atoms with Crippen LogP contribution in [0.2, 0.25) is 0 Å². The Morgan fingerprint density at radius 2 is 1.22 bits per heavy atom. The molecule has 5 N–H and O–H groups in total. The Balaban J connectivity index is 0.000000189. The van der Waals surface area contributed by atoms with Gasteiger partial charge in [-0.1, -0.05) is 0 Å². The van der Waals surface area contributed by atoms with Crippen LogP contribution in [0.3, 0.4) is 0 Å². The highest BCUT2D eigenvalue weighted by Gasteiger charge is 2.36. The van der Waals surface area contributed by atoms with Crippen molar-refractivity contribution in [3.63, 3.8) is 0 Å². The van der Waals surface area contributed by atoms with Gasteiger partial charge in [0.25, 0.3) is 0 Å². The minimum absolute atomic E-state index is 0. The minimum atomic E-state index is -1.06. The van der Waals surface area contributed by atoms with E-state index in [-0.39, 0.29) is 43.8 Å². The van der Waals surface area contributed by atoms with Crippen molar-refractivity contribution in [1.29, 1.82) is 0 Å². The predicted molar refractivity (Wildman–Crippen MR) is 228 cm³/mol. The fraction of sp³-hybridized carbons (Fsp3) is 0.488. The van der Waals surface area contributed by atoms with Crippen molar-refractivity contribution in [3.05, 3.63) is 77.1 Å². The minimum Gasteiger partial charge on any atom is -0.393 e. The first-order valence-electron chi connectivity index (χ1n) is 22.5. The molecule has 4 fully saturated rings. The molecule has 15 nitrogen and oxygen atoms in total. The molecule has 3 aromatic heterocycles. The first kappa shape index (κ1) is 42.3. The fourth-order valence-electron chi connectivity index (χ4n) is 8.85. The van der Waals surface area contributed by atoms with E-state index in [0.717, 1.165) is 63.4 Å². The second-order valence-electron chi connectivity index (χ2n) is 16.7. The van der Waals surface area contributed by atoms with E-state index < -0.39 is 46.3 Å². The first-order valence-corrected chi connectivity index (χ1v) is 21.5. The molecular formula is C43H51F6N11O4. The molecule has 0 unspecified atom stereocenters. The SMILES string of the molecule is OC1CCC(Nc2ncc3c(n2)N([C@H]2CCOC2)C(=Nc2c(F)cc(F)cc2F)C3)CC1.OC1CCC(Nc2ncc3nc(Nc4c(F)cc(F)cc4F)n([C@H]4CCOC4)c3n2)CC1.[3HH].[3H][3H]. The number of hydrogen-bond acceptors (Lipinski definition) is 13. The summed E-state index contributed by atoms with van der Waals surface area (Å²) >= 11 is 0. The molecule has 0 radical (unpaired) electrons. The van der Waals surface area contributed by atoms with Gasteiger partial charge in [-0.25, -0.2) is 46.3 Å². The van der Waals surface area contributed by atoms with Crippen LogP contribution in [0.25, 0.3) is 11.2 Å². The van der Waals surface area contributed by atoms with Gasteiger partial charge in [0.1, 0.15) is 40.2 Å². The van der Waals surface area contributed by atoms with Crippen molar-refractivity contribution < 1.29 is 50.4 Å². The smallest absolute Gasteiger partial charge is 0.224 e. The van der Waals surface area contributed by atoms with E-state index in [0.29, 0.717) is 98.2 Å². The van der Waals surface area contributed by atoms with Gasteiger partial charge in [-0.2, -0.15) is 9.97 Å². The van der Waals surface area contributed by atoms with E-state index in [9.17, 15) is 36.6 Å². The van der Waals surface area contributed by atoms with Gasteiger partial charge in [-0.3, -0.25) is 4.57 Å². The van der Waals surface area contributed by atoms with Crippen LogP contribution in [-0.2, 0) is 15.9 Å². The number of nitrogens with zero attached hydrogens (tertiary/aromatic N) is 8. The van der Waals surface area contributed by atoms with Gasteiger partial charge in [0, 0.05) is 72.1 Å². The number of halogens is 6. The number of aliphatic imine (C=N–C) groups is 1. The lowest BCUT2D eigenvalue weighted by Gasteiger charge is -2.27. The van der Waals surface area contributed by atoms with Gasteiger partial charge in [0.15, 0.2) is 28.9 Å². The topological polar surface area (TPSA) is 180 Å². The number of anilines is 5. The molecule has 0 spiro atoms. The molecule has 6 heterocycles. The zero-order valence-corrected chi connectivity index (χ0v) is 34.6. The summed E-state index contributed by atoms with van der Waals surface area (Å²) in [6.45, 7) is 1.97. The molecule has 2 aromatic carbocycles. The number of aromatic nitrogens is 6. The Bertz CT molecular complexity index is 2480. The van der Waals surface area contributed by atoms with Crippen LogP contribution in [0, 0.1) is 34.9 Å². The highest BCUT2D eigenvalue weighted by molar-refractivity contribution is 6.05. The number of aliphatic hydroxyl groups excluding tert-OH is 2. The van der Waals surface area contributed by atoms with Gasteiger partial charge in [-0.15, -0.1) is 0 Å². The van der Waals surface area contributed by atoms with Gasteiger partial charge < -0.3 is 40.5 Å². The van der Waals surface area contributed by atoms with Crippen molar-refractivity contribution in [1.82, 2.24) is 29.5 Å². The Morgan fingerprint density at radius 3 is 1.80 bits per heavy atom. The first-order chi connectivity index (χ1) is 31.9. The normalized spacial score (nSPS) is 25.2. The highest BCUT2D eigenvalue weighted by Crippen LogP contribution is 2.36. The monoisotopic (exact) mass is 905 g/mol. The molecule has 0 bridgehead atoms. The van der Waals surface area contributed by atoms with Gasteiger partial charge in [0.2, 0.25) is 17.8 Å². The van der Waals surface area contributed by atoms with Crippen LogP contribution in [0.4, 0.5) is 61.4 Å². The van der Waals surface area contributed by atoms with Crippen LogP contribution in [0.15, 0.2) is 41.7 Å². The predicted octanol–water partition coefficient (Wildman–Crippen LogP) is 7.65. The second-order valence-corrected chi connectivity index (χ2v) is 16.7. The maximum atomic E-state index is 14.3. The largest absolute Gasteiger partial charge is 0.393 e. The molecule has 2 aliphatic carbocycles. The summed E-state index contributed by atoms with van der Waals surface area (Å²) in [5.74, 6) is -4.10. The van der Waals surface area contributed by atoms with Crippen molar-refractivity contribution in [2.24, 2.45) is 4.99 Å². The van der Waals surface area contributed by atoms with E-state index in [4.69, 9.17) is 17.4 Å². The van der Waals surface area contributed by atoms with Crippen LogP contribution in [0.1, 0.15) is 80.2 Å². The zero-order valence-electron chi connectivity index (χ0n) is 36.6. The lowest BCUT2D eigenvalue weighted by Crippen LogP contribution is -2.39. The number of benzene rings is 2. The average molecular weight is 906 g/mol. The van der Waals surface area contributed by atoms with Gasteiger partial charge >= 0.3 is 0 Å². The Morgan fingerprint density at radius 1 is 0.672 bits per heavy atom. The Kier molecular flexibility index (Phi) is 12.5. The summed E-state index contributed by atoms with van der Waals surface area (Å²) in [6.07, 6.45) is 10.7.